The Bertz CT molecular complexity index is 856. The number of hydrogen-bond acceptors (Lipinski definition) is 4. The van der Waals surface area contributed by atoms with Crippen molar-refractivity contribution in [3.63, 3.8) is 0 Å². The molecule has 0 aliphatic rings. The van der Waals surface area contributed by atoms with Gasteiger partial charge in [-0.2, -0.15) is 5.26 Å². The minimum absolute atomic E-state index is 0.0295. The molecule has 146 valence electrons. The molecule has 1 aromatic heterocycles. The number of nitriles is 1. The number of nitrogens with one attached hydrogen (secondary N) is 2. The monoisotopic (exact) mass is 440 g/mol. The second-order valence-corrected chi connectivity index (χ2v) is 7.20. The van der Waals surface area contributed by atoms with E-state index in [9.17, 15) is 10.1 Å². The fourth-order valence-corrected chi connectivity index (χ4v) is 3.06. The van der Waals surface area contributed by atoms with E-state index in [1.54, 1.807) is 18.2 Å². The van der Waals surface area contributed by atoms with Crippen LogP contribution >= 0.6 is 15.9 Å². The summed E-state index contributed by atoms with van der Waals surface area (Å²) in [6.45, 7) is 5.11. The Morgan fingerprint density at radius 2 is 2.00 bits per heavy atom. The van der Waals surface area contributed by atoms with Crippen LogP contribution in [0.2, 0.25) is 0 Å². The van der Waals surface area contributed by atoms with Gasteiger partial charge >= 0.3 is 0 Å². The summed E-state index contributed by atoms with van der Waals surface area (Å²) < 4.78 is 0.651. The van der Waals surface area contributed by atoms with Crippen LogP contribution in [-0.4, -0.2) is 17.4 Å². The Morgan fingerprint density at radius 3 is 2.61 bits per heavy atom. The number of aromatic nitrogens is 1. The molecule has 5 nitrogen and oxygen atoms in total. The van der Waals surface area contributed by atoms with E-state index in [4.69, 9.17) is 0 Å². The third-order valence-electron chi connectivity index (χ3n) is 4.28. The summed E-state index contributed by atoms with van der Waals surface area (Å²) in [5.74, 6) is -0.402. The first-order valence-electron chi connectivity index (χ1n) is 9.46. The molecule has 1 unspecified atom stereocenters. The normalized spacial score (nSPS) is 12.1. The van der Waals surface area contributed by atoms with Crippen LogP contribution in [0.4, 0.5) is 5.69 Å². The summed E-state index contributed by atoms with van der Waals surface area (Å²) in [4.78, 5) is 16.8. The van der Waals surface area contributed by atoms with Gasteiger partial charge in [0.2, 0.25) is 0 Å². The van der Waals surface area contributed by atoms with Gasteiger partial charge in [-0.05, 0) is 64.7 Å². The van der Waals surface area contributed by atoms with Crippen LogP contribution in [0.25, 0.3) is 6.08 Å². The van der Waals surface area contributed by atoms with Gasteiger partial charge in [0.05, 0.1) is 11.7 Å². The minimum atomic E-state index is -0.402. The molecule has 0 saturated heterocycles. The van der Waals surface area contributed by atoms with E-state index in [1.807, 2.05) is 37.3 Å². The number of benzene rings is 1. The zero-order valence-electron chi connectivity index (χ0n) is 16.2. The van der Waals surface area contributed by atoms with Gasteiger partial charge in [0.1, 0.15) is 16.2 Å². The molecule has 0 fully saturated rings. The lowest BCUT2D eigenvalue weighted by molar-refractivity contribution is -0.117. The molecule has 0 aliphatic heterocycles. The van der Waals surface area contributed by atoms with Gasteiger partial charge in [-0.15, -0.1) is 0 Å². The summed E-state index contributed by atoms with van der Waals surface area (Å²) in [5, 5.41) is 15.7. The summed E-state index contributed by atoms with van der Waals surface area (Å²) in [6, 6.07) is 15.2. The van der Waals surface area contributed by atoms with Crippen molar-refractivity contribution in [1.29, 1.82) is 5.26 Å². The smallest absolute Gasteiger partial charge is 0.262 e. The third-order valence-corrected chi connectivity index (χ3v) is 4.72. The van der Waals surface area contributed by atoms with Gasteiger partial charge < -0.3 is 10.6 Å². The zero-order valence-corrected chi connectivity index (χ0v) is 17.8. The number of anilines is 1. The summed E-state index contributed by atoms with van der Waals surface area (Å²) in [6.07, 6.45) is 4.50. The lowest BCUT2D eigenvalue weighted by Crippen LogP contribution is -2.29. The van der Waals surface area contributed by atoms with E-state index in [-0.39, 0.29) is 11.6 Å². The second-order valence-electron chi connectivity index (χ2n) is 6.39. The molecule has 2 rings (SSSR count). The van der Waals surface area contributed by atoms with E-state index >= 15 is 0 Å². The van der Waals surface area contributed by atoms with Crippen LogP contribution in [0.3, 0.4) is 0 Å². The van der Waals surface area contributed by atoms with Gasteiger partial charge in [0.25, 0.3) is 5.91 Å². The highest BCUT2D eigenvalue weighted by Gasteiger charge is 2.16. The predicted molar refractivity (Wildman–Crippen MR) is 117 cm³/mol. The number of nitrogens with zero attached hydrogens (tertiary/aromatic N) is 2. The molecule has 6 heteroatoms. The Balaban J connectivity index is 2.08. The number of pyridine rings is 1. The number of hydrogen-bond donors (Lipinski definition) is 2. The van der Waals surface area contributed by atoms with Crippen molar-refractivity contribution in [3.8, 4) is 6.07 Å². The van der Waals surface area contributed by atoms with E-state index < -0.39 is 5.91 Å². The highest BCUT2D eigenvalue weighted by Crippen LogP contribution is 2.20. The second kappa shape index (κ2) is 11.3. The molecule has 1 aromatic carbocycles. The van der Waals surface area contributed by atoms with Crippen molar-refractivity contribution in [2.75, 3.05) is 11.9 Å². The topological polar surface area (TPSA) is 77.8 Å². The highest BCUT2D eigenvalue weighted by molar-refractivity contribution is 9.10. The standard InChI is InChI=1S/C22H25BrN4O/c1-3-5-13-25-18-11-9-16(10-12-18)20(4-2)27-22(28)17(15-24)14-19-7-6-8-21(23)26-19/h6-12,14,20,25H,3-5,13H2,1-2H3,(H,27,28)/b17-14+. The Morgan fingerprint density at radius 1 is 1.25 bits per heavy atom. The summed E-state index contributed by atoms with van der Waals surface area (Å²) in [7, 11) is 0. The minimum Gasteiger partial charge on any atom is -0.385 e. The van der Waals surface area contributed by atoms with E-state index in [0.717, 1.165) is 37.1 Å². The molecule has 0 saturated carbocycles. The fourth-order valence-electron chi connectivity index (χ4n) is 2.70. The molecule has 2 aromatic rings. The number of carbonyl (C=O) groups excluding carboxylic acids is 1. The first kappa shape index (κ1) is 21.6. The van der Waals surface area contributed by atoms with Crippen molar-refractivity contribution in [3.05, 3.63) is 63.9 Å². The highest BCUT2D eigenvalue weighted by atomic mass is 79.9. The van der Waals surface area contributed by atoms with Crippen molar-refractivity contribution in [2.45, 2.75) is 39.2 Å². The van der Waals surface area contributed by atoms with Crippen LogP contribution in [0.15, 0.2) is 52.6 Å². The van der Waals surface area contributed by atoms with Gasteiger partial charge in [-0.3, -0.25) is 4.79 Å². The Hall–Kier alpha value is -2.65. The number of unbranched alkanes of at least 4 members (excludes halogenated alkanes) is 1. The third kappa shape index (κ3) is 6.50. The maximum Gasteiger partial charge on any atom is 0.262 e. The van der Waals surface area contributed by atoms with Gasteiger partial charge in [0.15, 0.2) is 0 Å². The van der Waals surface area contributed by atoms with Gasteiger partial charge in [-0.25, -0.2) is 4.98 Å². The molecular weight excluding hydrogens is 416 g/mol. The van der Waals surface area contributed by atoms with Crippen LogP contribution in [-0.2, 0) is 4.79 Å². The SMILES string of the molecule is CCCCNc1ccc(C(CC)NC(=O)/C(C#N)=C/c2cccc(Br)n2)cc1. The van der Waals surface area contributed by atoms with Crippen LogP contribution < -0.4 is 10.6 Å². The number of rotatable bonds is 9. The molecule has 28 heavy (non-hydrogen) atoms. The quantitative estimate of drug-likeness (QED) is 0.242. The van der Waals surface area contributed by atoms with Crippen molar-refractivity contribution in [2.24, 2.45) is 0 Å². The van der Waals surface area contributed by atoms with Crippen LogP contribution in [0, 0.1) is 11.3 Å². The first-order valence-corrected chi connectivity index (χ1v) is 10.3. The first-order chi connectivity index (χ1) is 13.6. The van der Waals surface area contributed by atoms with Crippen molar-refractivity contribution in [1.82, 2.24) is 10.3 Å². The van der Waals surface area contributed by atoms with Crippen molar-refractivity contribution >= 4 is 33.6 Å². The van der Waals surface area contributed by atoms with Gasteiger partial charge in [-0.1, -0.05) is 38.5 Å². The summed E-state index contributed by atoms with van der Waals surface area (Å²) in [5.41, 5.74) is 2.66. The van der Waals surface area contributed by atoms with E-state index in [2.05, 4.69) is 38.5 Å². The predicted octanol–water partition coefficient (Wildman–Crippen LogP) is 5.23. The largest absolute Gasteiger partial charge is 0.385 e. The molecule has 2 N–H and O–H groups in total. The summed E-state index contributed by atoms with van der Waals surface area (Å²) >= 11 is 3.29. The van der Waals surface area contributed by atoms with E-state index in [1.165, 1.54) is 6.08 Å². The number of amides is 1. The maximum atomic E-state index is 12.6. The molecule has 1 amide bonds. The molecular formula is C22H25BrN4O. The average Bonchev–Trinajstić information content (AvgIpc) is 2.71. The molecule has 0 aliphatic carbocycles. The van der Waals surface area contributed by atoms with E-state index in [0.29, 0.717) is 10.3 Å². The maximum absolute atomic E-state index is 12.6. The lowest BCUT2D eigenvalue weighted by atomic mass is 10.0. The molecule has 0 radical (unpaired) electrons. The molecule has 0 spiro atoms. The molecule has 0 bridgehead atoms. The van der Waals surface area contributed by atoms with Gasteiger partial charge in [0, 0.05) is 12.2 Å². The lowest BCUT2D eigenvalue weighted by Gasteiger charge is -2.18. The Labute approximate surface area is 175 Å². The van der Waals surface area contributed by atoms with Crippen LogP contribution in [0.5, 0.6) is 0 Å². The van der Waals surface area contributed by atoms with Crippen molar-refractivity contribution < 1.29 is 4.79 Å². The molecule has 1 atom stereocenters. The fraction of sp³-hybridized carbons (Fsp3) is 0.318. The average molecular weight is 441 g/mol. The zero-order chi connectivity index (χ0) is 20.4. The number of halogens is 1. The Kier molecular flexibility index (Phi) is 8.70. The molecule has 1 heterocycles. The number of carbonyl (C=O) groups is 1. The van der Waals surface area contributed by atoms with Crippen LogP contribution in [0.1, 0.15) is 50.4 Å².